The summed E-state index contributed by atoms with van der Waals surface area (Å²) in [7, 11) is 0. The first kappa shape index (κ1) is 15.5. The van der Waals surface area contributed by atoms with Crippen molar-refractivity contribution in [3.05, 3.63) is 29.3 Å². The van der Waals surface area contributed by atoms with Crippen LogP contribution in [0.15, 0.2) is 18.2 Å². The number of carbonyl (C=O) groups is 1. The molecule has 3 heteroatoms. The average molecular weight is 300 g/mol. The van der Waals surface area contributed by atoms with Crippen molar-refractivity contribution in [3.63, 3.8) is 0 Å². The summed E-state index contributed by atoms with van der Waals surface area (Å²) in [5.41, 5.74) is 3.35. The first-order valence-corrected chi connectivity index (χ1v) is 8.72. The quantitative estimate of drug-likeness (QED) is 0.922. The zero-order chi connectivity index (χ0) is 15.5. The fourth-order valence-corrected chi connectivity index (χ4v) is 4.10. The maximum absolute atomic E-state index is 12.4. The summed E-state index contributed by atoms with van der Waals surface area (Å²) < 4.78 is 0. The van der Waals surface area contributed by atoms with E-state index in [1.54, 1.807) is 0 Å². The van der Waals surface area contributed by atoms with Crippen LogP contribution >= 0.6 is 0 Å². The molecule has 2 fully saturated rings. The molecule has 1 N–H and O–H groups in total. The largest absolute Gasteiger partial charge is 0.325 e. The molecule has 1 saturated heterocycles. The Morgan fingerprint density at radius 3 is 2.77 bits per heavy atom. The summed E-state index contributed by atoms with van der Waals surface area (Å²) in [6.07, 6.45) is 6.84. The van der Waals surface area contributed by atoms with E-state index in [0.29, 0.717) is 6.54 Å². The van der Waals surface area contributed by atoms with Gasteiger partial charge in [-0.3, -0.25) is 9.69 Å². The second kappa shape index (κ2) is 6.82. The normalized spacial score (nSPS) is 25.5. The summed E-state index contributed by atoms with van der Waals surface area (Å²) in [4.78, 5) is 14.7. The minimum atomic E-state index is 0.128. The van der Waals surface area contributed by atoms with Gasteiger partial charge in [-0.25, -0.2) is 0 Å². The third-order valence-electron chi connectivity index (χ3n) is 5.62. The summed E-state index contributed by atoms with van der Waals surface area (Å²) in [5.74, 6) is 1.88. The SMILES string of the molecule is Cc1cccc(NC(=O)CN2CC[C@@H]3CCCC[C@@H]3C2)c1C. The number of fused-ring (bicyclic) bond motifs is 1. The molecule has 0 spiro atoms. The fourth-order valence-electron chi connectivity index (χ4n) is 4.10. The van der Waals surface area contributed by atoms with Gasteiger partial charge >= 0.3 is 0 Å². The average Bonchev–Trinajstić information content (AvgIpc) is 2.52. The monoisotopic (exact) mass is 300 g/mol. The molecule has 22 heavy (non-hydrogen) atoms. The molecule has 1 amide bonds. The summed E-state index contributed by atoms with van der Waals surface area (Å²) in [6.45, 7) is 6.89. The molecule has 120 valence electrons. The number of carbonyl (C=O) groups excluding carboxylic acids is 1. The van der Waals surface area contributed by atoms with Gasteiger partial charge in [0.05, 0.1) is 6.54 Å². The molecule has 0 radical (unpaired) electrons. The summed E-state index contributed by atoms with van der Waals surface area (Å²) in [6, 6.07) is 6.08. The van der Waals surface area contributed by atoms with Crippen LogP contribution in [-0.4, -0.2) is 30.4 Å². The highest BCUT2D eigenvalue weighted by molar-refractivity contribution is 5.93. The van der Waals surface area contributed by atoms with Crippen LogP contribution < -0.4 is 5.32 Å². The van der Waals surface area contributed by atoms with Gasteiger partial charge in [0.25, 0.3) is 0 Å². The Morgan fingerprint density at radius 1 is 1.18 bits per heavy atom. The number of anilines is 1. The Labute approximate surface area is 134 Å². The highest BCUT2D eigenvalue weighted by Crippen LogP contribution is 2.35. The summed E-state index contributed by atoms with van der Waals surface area (Å²) in [5, 5.41) is 3.09. The Kier molecular flexibility index (Phi) is 4.82. The maximum atomic E-state index is 12.4. The van der Waals surface area contributed by atoms with E-state index in [4.69, 9.17) is 0 Å². The number of likely N-dealkylation sites (tertiary alicyclic amines) is 1. The minimum Gasteiger partial charge on any atom is -0.325 e. The second-order valence-corrected chi connectivity index (χ2v) is 7.12. The molecule has 1 heterocycles. The maximum Gasteiger partial charge on any atom is 0.238 e. The van der Waals surface area contributed by atoms with Gasteiger partial charge < -0.3 is 5.32 Å². The first-order valence-electron chi connectivity index (χ1n) is 8.72. The molecule has 1 aliphatic carbocycles. The van der Waals surface area contributed by atoms with Crippen molar-refractivity contribution in [1.29, 1.82) is 0 Å². The molecule has 1 saturated carbocycles. The Hall–Kier alpha value is -1.35. The van der Waals surface area contributed by atoms with Crippen LogP contribution in [0.1, 0.15) is 43.2 Å². The highest BCUT2D eigenvalue weighted by atomic mass is 16.2. The first-order chi connectivity index (χ1) is 10.6. The van der Waals surface area contributed by atoms with E-state index in [-0.39, 0.29) is 5.91 Å². The Balaban J connectivity index is 1.54. The third kappa shape index (κ3) is 3.52. The third-order valence-corrected chi connectivity index (χ3v) is 5.62. The van der Waals surface area contributed by atoms with Gasteiger partial charge in [-0.05, 0) is 62.3 Å². The Morgan fingerprint density at radius 2 is 1.95 bits per heavy atom. The highest BCUT2D eigenvalue weighted by Gasteiger charge is 2.31. The van der Waals surface area contributed by atoms with E-state index >= 15 is 0 Å². The van der Waals surface area contributed by atoms with Crippen molar-refractivity contribution in [1.82, 2.24) is 4.90 Å². The van der Waals surface area contributed by atoms with Gasteiger partial charge in [0, 0.05) is 12.2 Å². The predicted octanol–water partition coefficient (Wildman–Crippen LogP) is 3.75. The van der Waals surface area contributed by atoms with Crippen LogP contribution in [-0.2, 0) is 4.79 Å². The van der Waals surface area contributed by atoms with Crippen molar-refractivity contribution in [2.45, 2.75) is 46.0 Å². The van der Waals surface area contributed by atoms with Crippen LogP contribution in [0.25, 0.3) is 0 Å². The molecule has 2 atom stereocenters. The van der Waals surface area contributed by atoms with Crippen LogP contribution in [0.4, 0.5) is 5.69 Å². The van der Waals surface area contributed by atoms with Crippen molar-refractivity contribution in [2.75, 3.05) is 25.0 Å². The van der Waals surface area contributed by atoms with E-state index in [2.05, 4.69) is 30.1 Å². The molecule has 0 bridgehead atoms. The molecule has 1 aromatic rings. The molecular formula is C19H28N2O. The van der Waals surface area contributed by atoms with Crippen molar-refractivity contribution in [3.8, 4) is 0 Å². The number of hydrogen-bond donors (Lipinski definition) is 1. The molecule has 0 aromatic heterocycles. The standard InChI is InChI=1S/C19H28N2O/c1-14-6-5-9-18(15(14)2)20-19(22)13-21-11-10-16-7-3-4-8-17(16)12-21/h5-6,9,16-17H,3-4,7-8,10-13H2,1-2H3,(H,20,22)/t16-,17+/m0/s1. The van der Waals surface area contributed by atoms with Crippen LogP contribution in [0, 0.1) is 25.7 Å². The van der Waals surface area contributed by atoms with Gasteiger partial charge in [0.2, 0.25) is 5.91 Å². The van der Waals surface area contributed by atoms with E-state index in [1.807, 2.05) is 12.1 Å². The topological polar surface area (TPSA) is 32.3 Å². The molecule has 3 nitrogen and oxygen atoms in total. The van der Waals surface area contributed by atoms with Crippen molar-refractivity contribution in [2.24, 2.45) is 11.8 Å². The lowest BCUT2D eigenvalue weighted by molar-refractivity contribution is -0.118. The molecular weight excluding hydrogens is 272 g/mol. The lowest BCUT2D eigenvalue weighted by atomic mass is 9.75. The van der Waals surface area contributed by atoms with Gasteiger partial charge in [0.15, 0.2) is 0 Å². The predicted molar refractivity (Wildman–Crippen MR) is 91.1 cm³/mol. The van der Waals surface area contributed by atoms with E-state index in [1.165, 1.54) is 43.2 Å². The lowest BCUT2D eigenvalue weighted by Crippen LogP contribution is -2.44. The fraction of sp³-hybridized carbons (Fsp3) is 0.632. The van der Waals surface area contributed by atoms with Gasteiger partial charge in [-0.15, -0.1) is 0 Å². The zero-order valence-electron chi connectivity index (χ0n) is 13.9. The number of aryl methyl sites for hydroxylation is 1. The Bertz CT molecular complexity index is 540. The zero-order valence-corrected chi connectivity index (χ0v) is 13.9. The molecule has 0 unspecified atom stereocenters. The summed E-state index contributed by atoms with van der Waals surface area (Å²) >= 11 is 0. The molecule has 2 aliphatic rings. The van der Waals surface area contributed by atoms with Gasteiger partial charge in [-0.1, -0.05) is 31.4 Å². The van der Waals surface area contributed by atoms with Gasteiger partial charge in [-0.2, -0.15) is 0 Å². The van der Waals surface area contributed by atoms with Crippen LogP contribution in [0.3, 0.4) is 0 Å². The molecule has 1 aromatic carbocycles. The van der Waals surface area contributed by atoms with E-state index in [0.717, 1.165) is 30.6 Å². The minimum absolute atomic E-state index is 0.128. The number of amides is 1. The number of benzene rings is 1. The van der Waals surface area contributed by atoms with Crippen molar-refractivity contribution < 1.29 is 4.79 Å². The van der Waals surface area contributed by atoms with Crippen molar-refractivity contribution >= 4 is 11.6 Å². The van der Waals surface area contributed by atoms with E-state index < -0.39 is 0 Å². The number of nitrogens with one attached hydrogen (secondary N) is 1. The number of rotatable bonds is 3. The van der Waals surface area contributed by atoms with Crippen LogP contribution in [0.5, 0.6) is 0 Å². The number of hydrogen-bond acceptors (Lipinski definition) is 2. The number of nitrogens with zero attached hydrogens (tertiary/aromatic N) is 1. The molecule has 1 aliphatic heterocycles. The lowest BCUT2D eigenvalue weighted by Gasteiger charge is -2.41. The number of piperidine rings is 1. The van der Waals surface area contributed by atoms with E-state index in [9.17, 15) is 4.79 Å². The van der Waals surface area contributed by atoms with Gasteiger partial charge in [0.1, 0.15) is 0 Å². The van der Waals surface area contributed by atoms with Crippen LogP contribution in [0.2, 0.25) is 0 Å². The molecule has 3 rings (SSSR count). The smallest absolute Gasteiger partial charge is 0.238 e. The second-order valence-electron chi connectivity index (χ2n) is 7.12.